The number of aliphatic hydroxyl groups excluding tert-OH is 5. The summed E-state index contributed by atoms with van der Waals surface area (Å²) in [5, 5.41) is 59.3. The van der Waals surface area contributed by atoms with Gasteiger partial charge >= 0.3 is 5.97 Å². The summed E-state index contributed by atoms with van der Waals surface area (Å²) < 4.78 is 28.3. The molecule has 0 amide bonds. The van der Waals surface area contributed by atoms with Gasteiger partial charge in [-0.05, 0) is 30.3 Å². The predicted octanol–water partition coefficient (Wildman–Crippen LogP) is -2.02. The number of hydrogen-bond donors (Lipinski definition) is 6. The van der Waals surface area contributed by atoms with Crippen molar-refractivity contribution in [2.45, 2.75) is 54.8 Å². The van der Waals surface area contributed by atoms with Crippen LogP contribution in [0.3, 0.4) is 0 Å². The van der Waals surface area contributed by atoms with Gasteiger partial charge in [0, 0.05) is 5.92 Å². The molecule has 3 fully saturated rings. The van der Waals surface area contributed by atoms with Gasteiger partial charge in [0.05, 0.1) is 31.0 Å². The number of aromatic hydroxyl groups is 1. The molecule has 11 atom stereocenters. The lowest BCUT2D eigenvalue weighted by atomic mass is 9.85. The summed E-state index contributed by atoms with van der Waals surface area (Å²) in [4.78, 5) is 12.7. The summed E-state index contributed by atoms with van der Waals surface area (Å²) in [5.41, 5.74) is -0.907. The summed E-state index contributed by atoms with van der Waals surface area (Å²) in [6, 6.07) is 5.56. The number of rotatable bonds is 6. The number of aliphatic hydroxyl groups is 5. The summed E-state index contributed by atoms with van der Waals surface area (Å²) in [7, 11) is 0. The van der Waals surface area contributed by atoms with E-state index in [1.165, 1.54) is 30.5 Å². The molecule has 5 rings (SSSR count). The molecule has 4 aliphatic rings. The first-order chi connectivity index (χ1) is 16.3. The fraction of sp³-hybridized carbons (Fsp3) is 0.591. The summed E-state index contributed by atoms with van der Waals surface area (Å²) in [6.45, 7) is -1.04. The van der Waals surface area contributed by atoms with Crippen LogP contribution in [-0.2, 0) is 23.7 Å². The molecule has 12 heteroatoms. The Morgan fingerprint density at radius 2 is 1.76 bits per heavy atom. The van der Waals surface area contributed by atoms with Crippen LogP contribution in [0.1, 0.15) is 10.4 Å². The zero-order valence-corrected chi connectivity index (χ0v) is 17.8. The third-order valence-electron chi connectivity index (χ3n) is 6.94. The zero-order valence-electron chi connectivity index (χ0n) is 17.8. The van der Waals surface area contributed by atoms with Crippen molar-refractivity contribution in [1.82, 2.24) is 0 Å². The van der Waals surface area contributed by atoms with Crippen LogP contribution in [0.25, 0.3) is 0 Å². The van der Waals surface area contributed by atoms with E-state index in [2.05, 4.69) is 0 Å². The minimum absolute atomic E-state index is 0.00264. The molecular formula is C22H26O12. The van der Waals surface area contributed by atoms with Gasteiger partial charge in [-0.1, -0.05) is 0 Å². The van der Waals surface area contributed by atoms with Gasteiger partial charge in [0.15, 0.2) is 6.29 Å². The van der Waals surface area contributed by atoms with E-state index in [1.807, 2.05) is 0 Å². The Balaban J connectivity index is 1.34. The van der Waals surface area contributed by atoms with Gasteiger partial charge in [0.2, 0.25) is 6.29 Å². The van der Waals surface area contributed by atoms with Gasteiger partial charge in [0.25, 0.3) is 0 Å². The predicted molar refractivity (Wildman–Crippen MR) is 108 cm³/mol. The van der Waals surface area contributed by atoms with Crippen LogP contribution >= 0.6 is 0 Å². The Morgan fingerprint density at radius 1 is 1.03 bits per heavy atom. The standard InChI is InChI=1S/C22H26O12/c23-7-12-14(26)15(27)16(28)21(31-12)33-20-13-11(5-6-30-20)17(18-22(13,8-24)34-18)32-19(29)9-1-3-10(25)4-2-9/h1-6,11-18,20-21,23-28H,7-8H2/t11-,12-,13+,14+,15+,16+,17-,18+,20+,21+,22+/m0/s1. The molecule has 1 aromatic carbocycles. The summed E-state index contributed by atoms with van der Waals surface area (Å²) >= 11 is 0. The minimum atomic E-state index is -1.64. The van der Waals surface area contributed by atoms with E-state index in [9.17, 15) is 35.4 Å². The molecular weight excluding hydrogens is 456 g/mol. The highest BCUT2D eigenvalue weighted by molar-refractivity contribution is 5.89. The van der Waals surface area contributed by atoms with Crippen molar-refractivity contribution < 1.29 is 59.1 Å². The van der Waals surface area contributed by atoms with E-state index < -0.39 is 85.8 Å². The van der Waals surface area contributed by atoms with Crippen LogP contribution in [0, 0.1) is 11.8 Å². The fourth-order valence-electron chi connectivity index (χ4n) is 5.08. The SMILES string of the molecule is O=C(O[C@H]1[C@H]2C=CO[C@H](O[C@H]3O[C@@H](CO)[C@@H](O)[C@@H](O)[C@H]3O)[C@@H]2[C@@]2(CO)O[C@H]12)c1ccc(O)cc1. The highest BCUT2D eigenvalue weighted by atomic mass is 16.8. The Bertz CT molecular complexity index is 934. The van der Waals surface area contributed by atoms with Crippen molar-refractivity contribution in [3.8, 4) is 5.75 Å². The second-order valence-electron chi connectivity index (χ2n) is 8.84. The van der Waals surface area contributed by atoms with Crippen molar-refractivity contribution in [3.63, 3.8) is 0 Å². The number of epoxide rings is 1. The lowest BCUT2D eigenvalue weighted by molar-refractivity contribution is -0.344. The first-order valence-electron chi connectivity index (χ1n) is 10.9. The second kappa shape index (κ2) is 8.73. The average Bonchev–Trinajstić information content (AvgIpc) is 3.52. The molecule has 3 aliphatic heterocycles. The third kappa shape index (κ3) is 3.67. The van der Waals surface area contributed by atoms with Crippen LogP contribution in [0.4, 0.5) is 0 Å². The third-order valence-corrected chi connectivity index (χ3v) is 6.94. The van der Waals surface area contributed by atoms with E-state index in [1.54, 1.807) is 6.08 Å². The zero-order chi connectivity index (χ0) is 24.2. The molecule has 0 spiro atoms. The van der Waals surface area contributed by atoms with Crippen LogP contribution in [0.5, 0.6) is 5.75 Å². The molecule has 2 saturated heterocycles. The molecule has 0 radical (unpaired) electrons. The van der Waals surface area contributed by atoms with Crippen molar-refractivity contribution in [2.24, 2.45) is 11.8 Å². The van der Waals surface area contributed by atoms with Crippen LogP contribution < -0.4 is 0 Å². The normalized spacial score (nSPS) is 44.6. The number of benzene rings is 1. The van der Waals surface area contributed by atoms with Gasteiger partial charge in [0.1, 0.15) is 48.0 Å². The number of ether oxygens (including phenoxy) is 5. The minimum Gasteiger partial charge on any atom is -0.508 e. The highest BCUT2D eigenvalue weighted by Crippen LogP contribution is 2.60. The molecule has 6 N–H and O–H groups in total. The molecule has 186 valence electrons. The van der Waals surface area contributed by atoms with Gasteiger partial charge in [-0.25, -0.2) is 4.79 Å². The number of fused-ring (bicyclic) bond motifs is 3. The summed E-state index contributed by atoms with van der Waals surface area (Å²) in [5.74, 6) is -1.78. The first kappa shape index (κ1) is 23.5. The molecule has 1 saturated carbocycles. The van der Waals surface area contributed by atoms with Crippen molar-refractivity contribution in [3.05, 3.63) is 42.2 Å². The smallest absolute Gasteiger partial charge is 0.338 e. The van der Waals surface area contributed by atoms with E-state index in [0.29, 0.717) is 0 Å². The molecule has 1 aromatic rings. The molecule has 0 unspecified atom stereocenters. The number of hydrogen-bond acceptors (Lipinski definition) is 12. The van der Waals surface area contributed by atoms with Crippen LogP contribution in [0.2, 0.25) is 0 Å². The van der Waals surface area contributed by atoms with Gasteiger partial charge in [-0.3, -0.25) is 0 Å². The van der Waals surface area contributed by atoms with Crippen LogP contribution in [0.15, 0.2) is 36.6 Å². The van der Waals surface area contributed by atoms with Gasteiger partial charge in [-0.2, -0.15) is 0 Å². The number of carbonyl (C=O) groups excluding carboxylic acids is 1. The van der Waals surface area contributed by atoms with Crippen molar-refractivity contribution in [1.29, 1.82) is 0 Å². The highest BCUT2D eigenvalue weighted by Gasteiger charge is 2.77. The number of phenolic OH excluding ortho intramolecular Hbond substituents is 1. The summed E-state index contributed by atoms with van der Waals surface area (Å²) in [6.07, 6.45) is -6.99. The average molecular weight is 482 g/mol. The lowest BCUT2D eigenvalue weighted by Crippen LogP contribution is -2.60. The largest absolute Gasteiger partial charge is 0.508 e. The van der Waals surface area contributed by atoms with E-state index in [0.717, 1.165) is 0 Å². The number of carbonyl (C=O) groups is 1. The molecule has 34 heavy (non-hydrogen) atoms. The van der Waals surface area contributed by atoms with Crippen LogP contribution in [-0.4, -0.2) is 105 Å². The Hall–Kier alpha value is -2.29. The first-order valence-corrected chi connectivity index (χ1v) is 10.9. The van der Waals surface area contributed by atoms with E-state index >= 15 is 0 Å². The van der Waals surface area contributed by atoms with Gasteiger partial charge < -0.3 is 54.3 Å². The second-order valence-corrected chi connectivity index (χ2v) is 8.84. The number of phenols is 1. The lowest BCUT2D eigenvalue weighted by Gasteiger charge is -2.43. The maximum atomic E-state index is 12.7. The quantitative estimate of drug-likeness (QED) is 0.193. The Labute approximate surface area is 193 Å². The molecule has 0 bridgehead atoms. The topological polar surface area (TPSA) is 188 Å². The van der Waals surface area contributed by atoms with Crippen molar-refractivity contribution >= 4 is 5.97 Å². The molecule has 0 aromatic heterocycles. The Kier molecular flexibility index (Phi) is 6.02. The van der Waals surface area contributed by atoms with E-state index in [-0.39, 0.29) is 11.3 Å². The Morgan fingerprint density at radius 3 is 2.44 bits per heavy atom. The molecule has 12 nitrogen and oxygen atoms in total. The number of esters is 1. The van der Waals surface area contributed by atoms with E-state index in [4.69, 9.17) is 23.7 Å². The maximum Gasteiger partial charge on any atom is 0.338 e. The molecule has 1 aliphatic carbocycles. The molecule has 3 heterocycles. The van der Waals surface area contributed by atoms with Gasteiger partial charge in [-0.15, -0.1) is 0 Å². The fourth-order valence-corrected chi connectivity index (χ4v) is 5.08. The monoisotopic (exact) mass is 482 g/mol. The maximum absolute atomic E-state index is 12.7. The van der Waals surface area contributed by atoms with Crippen molar-refractivity contribution in [2.75, 3.05) is 13.2 Å².